The van der Waals surface area contributed by atoms with Gasteiger partial charge >= 0.3 is 0 Å². The van der Waals surface area contributed by atoms with Gasteiger partial charge in [-0.15, -0.1) is 0 Å². The lowest BCUT2D eigenvalue weighted by Gasteiger charge is -2.20. The minimum atomic E-state index is 1.11. The Kier molecular flexibility index (Phi) is 2.28. The van der Waals surface area contributed by atoms with Crippen LogP contribution in [0, 0.1) is 0 Å². The molecule has 0 aliphatic heterocycles. The Morgan fingerprint density at radius 3 is 1.90 bits per heavy atom. The van der Waals surface area contributed by atoms with Crippen molar-refractivity contribution in [3.05, 3.63) is 0 Å². The van der Waals surface area contributed by atoms with Gasteiger partial charge in [-0.1, -0.05) is 27.8 Å². The van der Waals surface area contributed by atoms with Crippen LogP contribution in [-0.4, -0.2) is 11.3 Å². The first kappa shape index (κ1) is 7.10. The summed E-state index contributed by atoms with van der Waals surface area (Å²) in [4.78, 5) is 0. The molecule has 0 nitrogen and oxygen atoms in total. The summed E-state index contributed by atoms with van der Waals surface area (Å²) in [6.45, 7) is 0. The van der Waals surface area contributed by atoms with E-state index in [1.165, 1.54) is 44.9 Å². The fourth-order valence-electron chi connectivity index (χ4n) is 1.75. The van der Waals surface area contributed by atoms with Crippen LogP contribution in [-0.2, 0) is 0 Å². The summed E-state index contributed by atoms with van der Waals surface area (Å²) in [6.07, 6.45) is 10.7. The Morgan fingerprint density at radius 1 is 0.700 bits per heavy atom. The SMILES string of the molecule is C1CCC([P]C2CC2)CC1. The second-order valence-electron chi connectivity index (χ2n) is 3.67. The molecule has 0 bridgehead atoms. The van der Waals surface area contributed by atoms with E-state index in [0.29, 0.717) is 0 Å². The summed E-state index contributed by atoms with van der Waals surface area (Å²) < 4.78 is 0. The van der Waals surface area contributed by atoms with E-state index in [2.05, 4.69) is 0 Å². The first-order chi connectivity index (χ1) is 4.95. The highest BCUT2D eigenvalue weighted by molar-refractivity contribution is 7.40. The molecule has 0 spiro atoms. The summed E-state index contributed by atoms with van der Waals surface area (Å²) in [5.74, 6) is 0. The Bertz CT molecular complexity index is 101. The van der Waals surface area contributed by atoms with Crippen molar-refractivity contribution in [1.82, 2.24) is 0 Å². The summed E-state index contributed by atoms with van der Waals surface area (Å²) in [5, 5.41) is 0. The molecule has 2 aliphatic carbocycles. The fraction of sp³-hybridized carbons (Fsp3) is 1.00. The molecular formula is C9H16P. The molecule has 2 saturated carbocycles. The molecule has 57 valence electrons. The lowest BCUT2D eigenvalue weighted by molar-refractivity contribution is 0.513. The minimum absolute atomic E-state index is 1.11. The second-order valence-corrected chi connectivity index (χ2v) is 5.43. The zero-order chi connectivity index (χ0) is 6.81. The van der Waals surface area contributed by atoms with Crippen LogP contribution < -0.4 is 0 Å². The van der Waals surface area contributed by atoms with Crippen LogP contribution in [0.3, 0.4) is 0 Å². The summed E-state index contributed by atoms with van der Waals surface area (Å²) in [5.41, 5.74) is 2.25. The highest BCUT2D eigenvalue weighted by Gasteiger charge is 2.26. The van der Waals surface area contributed by atoms with Crippen molar-refractivity contribution in [2.45, 2.75) is 56.3 Å². The maximum Gasteiger partial charge on any atom is -0.0167 e. The van der Waals surface area contributed by atoms with E-state index in [9.17, 15) is 0 Å². The molecule has 0 aromatic heterocycles. The first-order valence-corrected chi connectivity index (χ1v) is 5.68. The van der Waals surface area contributed by atoms with Crippen LogP contribution in [0.25, 0.3) is 0 Å². The van der Waals surface area contributed by atoms with Crippen LogP contribution in [0.5, 0.6) is 0 Å². The van der Waals surface area contributed by atoms with Crippen LogP contribution in [0.2, 0.25) is 0 Å². The standard InChI is InChI=1S/C9H16P/c1-2-4-8(5-3-1)10-9-6-7-9/h8-9H,1-7H2. The number of hydrogen-bond donors (Lipinski definition) is 0. The zero-order valence-corrected chi connectivity index (χ0v) is 7.45. The Hall–Kier alpha value is 0.430. The van der Waals surface area contributed by atoms with E-state index in [1.54, 1.807) is 0 Å². The second kappa shape index (κ2) is 3.22. The maximum absolute atomic E-state index is 1.82. The number of rotatable bonds is 2. The predicted octanol–water partition coefficient (Wildman–Crippen LogP) is 3.43. The molecule has 0 aromatic carbocycles. The molecule has 0 amide bonds. The van der Waals surface area contributed by atoms with Crippen LogP contribution in [0.1, 0.15) is 44.9 Å². The minimum Gasteiger partial charge on any atom is -0.0741 e. The normalized spacial score (nSPS) is 30.0. The van der Waals surface area contributed by atoms with E-state index >= 15 is 0 Å². The van der Waals surface area contributed by atoms with Crippen LogP contribution in [0.15, 0.2) is 0 Å². The van der Waals surface area contributed by atoms with Gasteiger partial charge in [0.15, 0.2) is 0 Å². The third-order valence-corrected chi connectivity index (χ3v) is 4.42. The van der Waals surface area contributed by atoms with Crippen molar-refractivity contribution in [3.8, 4) is 0 Å². The molecule has 0 aromatic rings. The van der Waals surface area contributed by atoms with Gasteiger partial charge in [0.25, 0.3) is 0 Å². The van der Waals surface area contributed by atoms with E-state index in [1.807, 2.05) is 8.58 Å². The van der Waals surface area contributed by atoms with Crippen molar-refractivity contribution in [2.75, 3.05) is 0 Å². The summed E-state index contributed by atoms with van der Waals surface area (Å²) in [6, 6.07) is 0. The van der Waals surface area contributed by atoms with E-state index in [-0.39, 0.29) is 0 Å². The molecule has 0 heterocycles. The van der Waals surface area contributed by atoms with Crippen molar-refractivity contribution in [2.24, 2.45) is 0 Å². The Balaban J connectivity index is 1.69. The zero-order valence-electron chi connectivity index (χ0n) is 6.55. The topological polar surface area (TPSA) is 0 Å². The van der Waals surface area contributed by atoms with Gasteiger partial charge in [-0.05, 0) is 37.0 Å². The third kappa shape index (κ3) is 1.95. The van der Waals surface area contributed by atoms with E-state index in [0.717, 1.165) is 11.3 Å². The first-order valence-electron chi connectivity index (χ1n) is 4.65. The molecule has 1 heteroatoms. The van der Waals surface area contributed by atoms with E-state index < -0.39 is 0 Å². The van der Waals surface area contributed by atoms with Gasteiger partial charge in [-0.25, -0.2) is 0 Å². The highest BCUT2D eigenvalue weighted by Crippen LogP contribution is 2.46. The molecule has 2 fully saturated rings. The summed E-state index contributed by atoms with van der Waals surface area (Å²) >= 11 is 0. The molecule has 10 heavy (non-hydrogen) atoms. The highest BCUT2D eigenvalue weighted by atomic mass is 31.1. The van der Waals surface area contributed by atoms with E-state index in [4.69, 9.17) is 0 Å². The molecule has 0 atom stereocenters. The smallest absolute Gasteiger partial charge is 0.0167 e. The number of hydrogen-bond acceptors (Lipinski definition) is 0. The molecule has 2 aliphatic rings. The Labute approximate surface area is 65.6 Å². The fourth-order valence-corrected chi connectivity index (χ4v) is 3.46. The molecular weight excluding hydrogens is 139 g/mol. The Morgan fingerprint density at radius 2 is 1.30 bits per heavy atom. The van der Waals surface area contributed by atoms with Gasteiger partial charge in [-0.2, -0.15) is 0 Å². The van der Waals surface area contributed by atoms with Crippen molar-refractivity contribution in [3.63, 3.8) is 0 Å². The van der Waals surface area contributed by atoms with Crippen LogP contribution in [0.4, 0.5) is 0 Å². The molecule has 2 rings (SSSR count). The molecule has 1 radical (unpaired) electrons. The van der Waals surface area contributed by atoms with Gasteiger partial charge in [0.2, 0.25) is 0 Å². The van der Waals surface area contributed by atoms with Crippen molar-refractivity contribution in [1.29, 1.82) is 0 Å². The monoisotopic (exact) mass is 155 g/mol. The summed E-state index contributed by atoms with van der Waals surface area (Å²) in [7, 11) is 1.82. The van der Waals surface area contributed by atoms with Gasteiger partial charge in [0.05, 0.1) is 0 Å². The molecule has 0 unspecified atom stereocenters. The average Bonchev–Trinajstić information content (AvgIpc) is 2.74. The molecule has 0 saturated heterocycles. The van der Waals surface area contributed by atoms with Gasteiger partial charge in [-0.3, -0.25) is 0 Å². The molecule has 0 N–H and O–H groups in total. The largest absolute Gasteiger partial charge is 0.0741 e. The third-order valence-electron chi connectivity index (χ3n) is 2.54. The predicted molar refractivity (Wildman–Crippen MR) is 46.8 cm³/mol. The lowest BCUT2D eigenvalue weighted by Crippen LogP contribution is -2.06. The maximum atomic E-state index is 1.82. The lowest BCUT2D eigenvalue weighted by atomic mass is 10.0. The quantitative estimate of drug-likeness (QED) is 0.536. The van der Waals surface area contributed by atoms with Gasteiger partial charge in [0, 0.05) is 0 Å². The average molecular weight is 155 g/mol. The van der Waals surface area contributed by atoms with Crippen molar-refractivity contribution >= 4 is 8.58 Å². The van der Waals surface area contributed by atoms with Gasteiger partial charge in [0.1, 0.15) is 0 Å². The van der Waals surface area contributed by atoms with Crippen LogP contribution >= 0.6 is 8.58 Å². The van der Waals surface area contributed by atoms with Gasteiger partial charge < -0.3 is 0 Å². The van der Waals surface area contributed by atoms with Crippen molar-refractivity contribution < 1.29 is 0 Å².